The van der Waals surface area contributed by atoms with E-state index in [4.69, 9.17) is 0 Å². The molecule has 0 saturated heterocycles. The normalized spacial score (nSPS) is 18.6. The monoisotopic (exact) mass is 335 g/mol. The van der Waals surface area contributed by atoms with Crippen LogP contribution in [-0.4, -0.2) is 28.8 Å². The Labute approximate surface area is 134 Å². The second kappa shape index (κ2) is 5.47. The predicted octanol–water partition coefficient (Wildman–Crippen LogP) is 2.47. The van der Waals surface area contributed by atoms with Crippen molar-refractivity contribution in [3.05, 3.63) is 57.9 Å². The SMILES string of the molecule is Cc1ccc(S(=O)(=O)N2CCn3cccc3[C@@H]2C)cc1[N+](=O)[O-]. The molecule has 1 aromatic carbocycles. The van der Waals surface area contributed by atoms with Gasteiger partial charge in [-0.3, -0.25) is 10.1 Å². The van der Waals surface area contributed by atoms with Gasteiger partial charge in [0.1, 0.15) is 0 Å². The minimum atomic E-state index is -3.79. The summed E-state index contributed by atoms with van der Waals surface area (Å²) in [5.41, 5.74) is 1.18. The Morgan fingerprint density at radius 3 is 2.70 bits per heavy atom. The van der Waals surface area contributed by atoms with Crippen LogP contribution in [-0.2, 0) is 16.6 Å². The van der Waals surface area contributed by atoms with E-state index in [0.29, 0.717) is 18.7 Å². The lowest BCUT2D eigenvalue weighted by Crippen LogP contribution is -2.40. The molecule has 1 aromatic heterocycles. The summed E-state index contributed by atoms with van der Waals surface area (Å²) >= 11 is 0. The maximum atomic E-state index is 12.9. The largest absolute Gasteiger partial charge is 0.349 e. The molecule has 1 atom stereocenters. The van der Waals surface area contributed by atoms with Crippen LogP contribution in [0.15, 0.2) is 41.4 Å². The number of hydrogen-bond donors (Lipinski definition) is 0. The van der Waals surface area contributed by atoms with Gasteiger partial charge in [0.25, 0.3) is 5.69 Å². The van der Waals surface area contributed by atoms with Gasteiger partial charge in [0, 0.05) is 36.6 Å². The van der Waals surface area contributed by atoms with Crippen LogP contribution >= 0.6 is 0 Å². The minimum absolute atomic E-state index is 0.0401. The number of aromatic nitrogens is 1. The van der Waals surface area contributed by atoms with Crippen LogP contribution in [0.3, 0.4) is 0 Å². The van der Waals surface area contributed by atoms with Crippen LogP contribution in [0.2, 0.25) is 0 Å². The number of benzene rings is 1. The van der Waals surface area contributed by atoms with Crippen LogP contribution in [0.5, 0.6) is 0 Å². The molecular formula is C15H17N3O4S. The van der Waals surface area contributed by atoms with Crippen molar-refractivity contribution >= 4 is 15.7 Å². The molecule has 2 heterocycles. The van der Waals surface area contributed by atoms with Crippen molar-refractivity contribution in [3.63, 3.8) is 0 Å². The maximum absolute atomic E-state index is 12.9. The quantitative estimate of drug-likeness (QED) is 0.637. The zero-order valence-electron chi connectivity index (χ0n) is 12.8. The van der Waals surface area contributed by atoms with Gasteiger partial charge >= 0.3 is 0 Å². The van der Waals surface area contributed by atoms with Crippen LogP contribution in [0.1, 0.15) is 24.2 Å². The highest BCUT2D eigenvalue weighted by Crippen LogP contribution is 2.32. The van der Waals surface area contributed by atoms with Gasteiger partial charge in [0.05, 0.1) is 15.9 Å². The zero-order chi connectivity index (χ0) is 16.8. The van der Waals surface area contributed by atoms with E-state index in [9.17, 15) is 18.5 Å². The Hall–Kier alpha value is -2.19. The molecule has 3 rings (SSSR count). The molecule has 0 aliphatic carbocycles. The average Bonchev–Trinajstić information content (AvgIpc) is 2.96. The van der Waals surface area contributed by atoms with Crippen molar-refractivity contribution in [2.75, 3.05) is 6.54 Å². The molecule has 0 bridgehead atoms. The summed E-state index contributed by atoms with van der Waals surface area (Å²) in [6, 6.07) is 7.51. The van der Waals surface area contributed by atoms with E-state index in [-0.39, 0.29) is 16.6 Å². The summed E-state index contributed by atoms with van der Waals surface area (Å²) in [4.78, 5) is 10.5. The first kappa shape index (κ1) is 15.7. The number of hydrogen-bond acceptors (Lipinski definition) is 4. The molecular weight excluding hydrogens is 318 g/mol. The Morgan fingerprint density at radius 2 is 2.00 bits per heavy atom. The van der Waals surface area contributed by atoms with Gasteiger partial charge < -0.3 is 4.57 Å². The van der Waals surface area contributed by atoms with E-state index in [2.05, 4.69) is 0 Å². The van der Waals surface area contributed by atoms with E-state index in [0.717, 1.165) is 11.8 Å². The first-order valence-corrected chi connectivity index (χ1v) is 8.68. The molecule has 1 aliphatic heterocycles. The Kier molecular flexibility index (Phi) is 3.73. The fraction of sp³-hybridized carbons (Fsp3) is 0.333. The Bertz CT molecular complexity index is 873. The smallest absolute Gasteiger partial charge is 0.273 e. The molecule has 0 saturated carbocycles. The summed E-state index contributed by atoms with van der Waals surface area (Å²) < 4.78 is 29.2. The summed E-state index contributed by atoms with van der Waals surface area (Å²) in [7, 11) is -3.79. The molecule has 0 amide bonds. The first-order chi connectivity index (χ1) is 10.8. The number of sulfonamides is 1. The van der Waals surface area contributed by atoms with Gasteiger partial charge in [-0.1, -0.05) is 6.07 Å². The van der Waals surface area contributed by atoms with Crippen molar-refractivity contribution in [2.45, 2.75) is 31.3 Å². The van der Waals surface area contributed by atoms with E-state index in [1.54, 1.807) is 6.92 Å². The molecule has 1 aliphatic rings. The molecule has 0 unspecified atom stereocenters. The van der Waals surface area contributed by atoms with Crippen molar-refractivity contribution in [1.29, 1.82) is 0 Å². The van der Waals surface area contributed by atoms with Gasteiger partial charge in [-0.15, -0.1) is 0 Å². The van der Waals surface area contributed by atoms with Crippen molar-refractivity contribution < 1.29 is 13.3 Å². The Balaban J connectivity index is 2.03. The van der Waals surface area contributed by atoms with E-state index in [1.165, 1.54) is 16.4 Å². The second-order valence-electron chi connectivity index (χ2n) is 5.62. The van der Waals surface area contributed by atoms with Crippen LogP contribution in [0, 0.1) is 17.0 Å². The lowest BCUT2D eigenvalue weighted by Gasteiger charge is -2.33. The van der Waals surface area contributed by atoms with E-state index in [1.807, 2.05) is 29.8 Å². The number of fused-ring (bicyclic) bond motifs is 1. The van der Waals surface area contributed by atoms with Gasteiger partial charge in [-0.2, -0.15) is 4.31 Å². The molecule has 7 nitrogen and oxygen atoms in total. The molecule has 0 spiro atoms. The average molecular weight is 335 g/mol. The summed E-state index contributed by atoms with van der Waals surface area (Å²) in [6.45, 7) is 4.32. The fourth-order valence-corrected chi connectivity index (χ4v) is 4.59. The van der Waals surface area contributed by atoms with Gasteiger partial charge in [0.15, 0.2) is 0 Å². The number of aryl methyl sites for hydroxylation is 1. The number of rotatable bonds is 3. The molecule has 0 radical (unpaired) electrons. The standard InChI is InChI=1S/C15H17N3O4S/c1-11-5-6-13(10-15(11)18(19)20)23(21,22)17-9-8-16-7-3-4-14(16)12(17)2/h3-7,10,12H,8-9H2,1-2H3/t12-/m0/s1. The molecule has 8 heteroatoms. The number of nitro benzene ring substituents is 1. The number of nitrogens with zero attached hydrogens (tertiary/aromatic N) is 3. The lowest BCUT2D eigenvalue weighted by molar-refractivity contribution is -0.385. The highest BCUT2D eigenvalue weighted by atomic mass is 32.2. The predicted molar refractivity (Wildman–Crippen MR) is 84.6 cm³/mol. The van der Waals surface area contributed by atoms with Crippen molar-refractivity contribution in [3.8, 4) is 0 Å². The fourth-order valence-electron chi connectivity index (χ4n) is 2.97. The molecule has 0 fully saturated rings. The van der Waals surface area contributed by atoms with E-state index < -0.39 is 14.9 Å². The van der Waals surface area contributed by atoms with Crippen molar-refractivity contribution in [1.82, 2.24) is 8.87 Å². The topological polar surface area (TPSA) is 85.5 Å². The minimum Gasteiger partial charge on any atom is -0.349 e. The Morgan fingerprint density at radius 1 is 1.26 bits per heavy atom. The number of nitro groups is 1. The lowest BCUT2D eigenvalue weighted by atomic mass is 10.2. The van der Waals surface area contributed by atoms with Gasteiger partial charge in [-0.05, 0) is 32.0 Å². The molecule has 0 N–H and O–H groups in total. The summed E-state index contributed by atoms with van der Waals surface area (Å²) in [5.74, 6) is 0. The van der Waals surface area contributed by atoms with Crippen LogP contribution in [0.4, 0.5) is 5.69 Å². The third kappa shape index (κ3) is 2.53. The third-order valence-electron chi connectivity index (χ3n) is 4.27. The third-order valence-corrected chi connectivity index (χ3v) is 6.24. The van der Waals surface area contributed by atoms with Crippen LogP contribution < -0.4 is 0 Å². The highest BCUT2D eigenvalue weighted by Gasteiger charge is 2.34. The van der Waals surface area contributed by atoms with Crippen molar-refractivity contribution in [2.24, 2.45) is 0 Å². The molecule has 122 valence electrons. The first-order valence-electron chi connectivity index (χ1n) is 7.24. The highest BCUT2D eigenvalue weighted by molar-refractivity contribution is 7.89. The maximum Gasteiger partial charge on any atom is 0.273 e. The second-order valence-corrected chi connectivity index (χ2v) is 7.51. The van der Waals surface area contributed by atoms with Crippen LogP contribution in [0.25, 0.3) is 0 Å². The van der Waals surface area contributed by atoms with Gasteiger partial charge in [0.2, 0.25) is 10.0 Å². The summed E-state index contributed by atoms with van der Waals surface area (Å²) in [6.07, 6.45) is 1.92. The molecule has 2 aromatic rings. The van der Waals surface area contributed by atoms with E-state index >= 15 is 0 Å². The molecule has 23 heavy (non-hydrogen) atoms. The van der Waals surface area contributed by atoms with Gasteiger partial charge in [-0.25, -0.2) is 8.42 Å². The zero-order valence-corrected chi connectivity index (χ0v) is 13.7. The summed E-state index contributed by atoms with van der Waals surface area (Å²) in [5, 5.41) is 11.1.